The van der Waals surface area contributed by atoms with Gasteiger partial charge < -0.3 is 4.74 Å². The van der Waals surface area contributed by atoms with Crippen LogP contribution in [0.4, 0.5) is 13.2 Å². The number of alkyl halides is 3. The summed E-state index contributed by atoms with van der Waals surface area (Å²) < 4.78 is 47.2. The number of likely N-dealkylation sites (N-methyl/N-ethyl adjacent to an activating group) is 1. The lowest BCUT2D eigenvalue weighted by Crippen LogP contribution is -2.34. The van der Waals surface area contributed by atoms with E-state index in [1.54, 1.807) is 6.92 Å². The van der Waals surface area contributed by atoms with Crippen LogP contribution in [0.2, 0.25) is 0 Å². The largest absolute Gasteiger partial charge is 0.461 e. The highest BCUT2D eigenvalue weighted by atomic mass is 32.2. The zero-order valence-electron chi connectivity index (χ0n) is 19.3. The minimum absolute atomic E-state index is 0.0111. The van der Waals surface area contributed by atoms with Gasteiger partial charge in [0, 0.05) is 36.2 Å². The molecule has 0 saturated carbocycles. The predicted octanol–water partition coefficient (Wildman–Crippen LogP) is 5.08. The maximum Gasteiger partial charge on any atom is 0.416 e. The Morgan fingerprint density at radius 1 is 1.11 bits per heavy atom. The fourth-order valence-electron chi connectivity index (χ4n) is 4.54. The first-order chi connectivity index (χ1) is 16.7. The highest BCUT2D eigenvalue weighted by Crippen LogP contribution is 2.48. The summed E-state index contributed by atoms with van der Waals surface area (Å²) in [4.78, 5) is 32.4. The molecule has 4 rings (SSSR count). The third kappa shape index (κ3) is 5.51. The summed E-state index contributed by atoms with van der Waals surface area (Å²) in [5.74, 6) is -2.46. The quantitative estimate of drug-likeness (QED) is 0.494. The van der Waals surface area contributed by atoms with Crippen molar-refractivity contribution in [3.63, 3.8) is 0 Å². The molecule has 1 saturated heterocycles. The molecule has 2 aromatic rings. The SMILES string of the molecule is CC1=C(C(=O)OCCN(C)Cc2ccccc2)C(c2ccccc2C(F)(F)F)C2C(=O)SCC2=N1. The van der Waals surface area contributed by atoms with Crippen molar-refractivity contribution in [3.05, 3.63) is 82.6 Å². The number of halogens is 3. The van der Waals surface area contributed by atoms with E-state index in [0.29, 0.717) is 24.6 Å². The van der Waals surface area contributed by atoms with Crippen LogP contribution >= 0.6 is 11.8 Å². The number of carbonyl (C=O) groups excluding carboxylic acids is 2. The number of allylic oxidation sites excluding steroid dienone is 1. The van der Waals surface area contributed by atoms with Crippen molar-refractivity contribution in [2.45, 2.75) is 25.6 Å². The van der Waals surface area contributed by atoms with E-state index in [1.165, 1.54) is 18.2 Å². The average molecular weight is 503 g/mol. The lowest BCUT2D eigenvalue weighted by molar-refractivity contribution is -0.141. The van der Waals surface area contributed by atoms with Crippen LogP contribution in [-0.4, -0.2) is 47.6 Å². The van der Waals surface area contributed by atoms with Crippen LogP contribution in [0.1, 0.15) is 29.5 Å². The minimum atomic E-state index is -4.64. The van der Waals surface area contributed by atoms with Crippen molar-refractivity contribution in [2.24, 2.45) is 10.9 Å². The number of ether oxygens (including phenoxy) is 1. The molecule has 9 heteroatoms. The van der Waals surface area contributed by atoms with Crippen LogP contribution in [0, 0.1) is 5.92 Å². The minimum Gasteiger partial charge on any atom is -0.461 e. The van der Waals surface area contributed by atoms with E-state index in [9.17, 15) is 22.8 Å². The second-order valence-corrected chi connectivity index (χ2v) is 9.59. The van der Waals surface area contributed by atoms with Gasteiger partial charge in [0.1, 0.15) is 6.61 Å². The molecule has 184 valence electrons. The third-order valence-corrected chi connectivity index (χ3v) is 7.12. The fraction of sp³-hybridized carbons (Fsp3) is 0.346. The first kappa shape index (κ1) is 25.2. The molecule has 2 aromatic carbocycles. The number of nitrogens with zero attached hydrogens (tertiary/aromatic N) is 2. The number of rotatable bonds is 7. The highest BCUT2D eigenvalue weighted by Gasteiger charge is 2.48. The molecule has 0 aromatic heterocycles. The van der Waals surface area contributed by atoms with Crippen LogP contribution in [0.5, 0.6) is 0 Å². The zero-order chi connectivity index (χ0) is 25.2. The highest BCUT2D eigenvalue weighted by molar-refractivity contribution is 8.15. The second kappa shape index (κ2) is 10.4. The van der Waals surface area contributed by atoms with Gasteiger partial charge in [-0.1, -0.05) is 60.3 Å². The summed E-state index contributed by atoms with van der Waals surface area (Å²) in [5, 5.41) is -0.286. The van der Waals surface area contributed by atoms with Gasteiger partial charge in [-0.2, -0.15) is 13.2 Å². The van der Waals surface area contributed by atoms with E-state index < -0.39 is 29.5 Å². The molecule has 2 atom stereocenters. The Bertz CT molecular complexity index is 1180. The molecule has 0 amide bonds. The number of hydrogen-bond donors (Lipinski definition) is 0. The van der Waals surface area contributed by atoms with E-state index in [2.05, 4.69) is 4.99 Å². The van der Waals surface area contributed by atoms with Gasteiger partial charge in [-0.3, -0.25) is 14.7 Å². The summed E-state index contributed by atoms with van der Waals surface area (Å²) in [5.41, 5.74) is 0.930. The Morgan fingerprint density at radius 3 is 2.51 bits per heavy atom. The molecule has 2 unspecified atom stereocenters. The predicted molar refractivity (Wildman–Crippen MR) is 129 cm³/mol. The first-order valence-electron chi connectivity index (χ1n) is 11.2. The number of fused-ring (bicyclic) bond motifs is 1. The molecular formula is C26H25F3N2O3S. The molecule has 1 fully saturated rings. The van der Waals surface area contributed by atoms with Crippen molar-refractivity contribution in [3.8, 4) is 0 Å². The summed E-state index contributed by atoms with van der Waals surface area (Å²) in [6.45, 7) is 2.72. The molecule has 0 spiro atoms. The molecule has 2 heterocycles. The maximum absolute atomic E-state index is 13.9. The van der Waals surface area contributed by atoms with Gasteiger partial charge in [-0.25, -0.2) is 4.79 Å². The average Bonchev–Trinajstić information content (AvgIpc) is 3.18. The fourth-order valence-corrected chi connectivity index (χ4v) is 5.53. The summed E-state index contributed by atoms with van der Waals surface area (Å²) in [7, 11) is 1.89. The normalized spacial score (nSPS) is 20.2. The van der Waals surface area contributed by atoms with Crippen LogP contribution in [0.3, 0.4) is 0 Å². The Hall–Kier alpha value is -2.91. The third-order valence-electron chi connectivity index (χ3n) is 6.14. The van der Waals surface area contributed by atoms with Gasteiger partial charge >= 0.3 is 12.1 Å². The number of thioether (sulfide) groups is 1. The molecule has 2 aliphatic rings. The van der Waals surface area contributed by atoms with Gasteiger partial charge in [0.15, 0.2) is 5.12 Å². The van der Waals surface area contributed by atoms with E-state index in [-0.39, 0.29) is 28.6 Å². The van der Waals surface area contributed by atoms with E-state index >= 15 is 0 Å². The molecule has 0 N–H and O–H groups in total. The monoisotopic (exact) mass is 502 g/mol. The molecule has 0 bridgehead atoms. The number of benzene rings is 2. The smallest absolute Gasteiger partial charge is 0.416 e. The van der Waals surface area contributed by atoms with E-state index in [1.807, 2.05) is 42.3 Å². The molecular weight excluding hydrogens is 477 g/mol. The summed E-state index contributed by atoms with van der Waals surface area (Å²) in [6, 6.07) is 14.9. The van der Waals surface area contributed by atoms with Crippen LogP contribution < -0.4 is 0 Å². The standard InChI is InChI=1S/C26H25F3N2O3S/c1-16-21(24(32)34-13-12-31(2)14-17-8-4-3-5-9-17)22(23-20(30-16)15-35-25(23)33)18-10-6-7-11-19(18)26(27,28)29/h3-11,22-23H,12-15H2,1-2H3. The van der Waals surface area contributed by atoms with E-state index in [4.69, 9.17) is 4.74 Å². The maximum atomic E-state index is 13.9. The Morgan fingerprint density at radius 2 is 1.80 bits per heavy atom. The van der Waals surface area contributed by atoms with E-state index in [0.717, 1.165) is 23.4 Å². The number of hydrogen-bond acceptors (Lipinski definition) is 6. The molecule has 35 heavy (non-hydrogen) atoms. The second-order valence-electron chi connectivity index (χ2n) is 8.61. The van der Waals surface area contributed by atoms with Crippen LogP contribution in [0.15, 0.2) is 70.9 Å². The number of esters is 1. The van der Waals surface area contributed by atoms with Crippen LogP contribution in [0.25, 0.3) is 0 Å². The molecule has 2 aliphatic heterocycles. The first-order valence-corrected chi connectivity index (χ1v) is 12.2. The summed E-state index contributed by atoms with van der Waals surface area (Å²) in [6.07, 6.45) is -4.64. The van der Waals surface area contributed by atoms with Gasteiger partial charge in [-0.15, -0.1) is 0 Å². The Kier molecular flexibility index (Phi) is 7.47. The van der Waals surface area contributed by atoms with Crippen molar-refractivity contribution in [1.29, 1.82) is 0 Å². The van der Waals surface area contributed by atoms with Crippen molar-refractivity contribution >= 4 is 28.6 Å². The van der Waals surface area contributed by atoms with Gasteiger partial charge in [0.2, 0.25) is 0 Å². The van der Waals surface area contributed by atoms with Crippen LogP contribution in [-0.2, 0) is 27.0 Å². The van der Waals surface area contributed by atoms with Crippen molar-refractivity contribution < 1.29 is 27.5 Å². The number of carbonyl (C=O) groups is 2. The van der Waals surface area contributed by atoms with Crippen molar-refractivity contribution in [2.75, 3.05) is 26.0 Å². The summed E-state index contributed by atoms with van der Waals surface area (Å²) >= 11 is 1.02. The molecule has 0 aliphatic carbocycles. The Balaban J connectivity index is 1.58. The zero-order valence-corrected chi connectivity index (χ0v) is 20.2. The Labute approximate surface area is 206 Å². The van der Waals surface area contributed by atoms with Gasteiger partial charge in [-0.05, 0) is 31.2 Å². The van der Waals surface area contributed by atoms with Gasteiger partial charge in [0.05, 0.1) is 17.1 Å². The van der Waals surface area contributed by atoms with Gasteiger partial charge in [0.25, 0.3) is 0 Å². The van der Waals surface area contributed by atoms with Crippen molar-refractivity contribution in [1.82, 2.24) is 4.90 Å². The molecule has 5 nitrogen and oxygen atoms in total. The molecule has 0 radical (unpaired) electrons. The lowest BCUT2D eigenvalue weighted by Gasteiger charge is -2.31. The number of aliphatic imine (C=N–C) groups is 1. The topological polar surface area (TPSA) is 59.0 Å². The lowest BCUT2D eigenvalue weighted by atomic mass is 9.75.